The van der Waals surface area contributed by atoms with Crippen LogP contribution in [0.4, 0.5) is 5.13 Å². The van der Waals surface area contributed by atoms with Crippen molar-refractivity contribution in [3.63, 3.8) is 0 Å². The molecule has 31 heavy (non-hydrogen) atoms. The van der Waals surface area contributed by atoms with E-state index >= 15 is 0 Å². The van der Waals surface area contributed by atoms with Crippen LogP contribution in [-0.4, -0.2) is 35.8 Å². The molecule has 1 saturated heterocycles. The first-order chi connectivity index (χ1) is 14.9. The summed E-state index contributed by atoms with van der Waals surface area (Å²) in [4.78, 5) is 43.2. The van der Waals surface area contributed by atoms with Crippen molar-refractivity contribution in [2.24, 2.45) is 5.92 Å². The number of amides is 1. The van der Waals surface area contributed by atoms with Crippen LogP contribution in [0.5, 0.6) is 0 Å². The topological polar surface area (TPSA) is 76.6 Å². The summed E-state index contributed by atoms with van der Waals surface area (Å²) >= 11 is 7.17. The van der Waals surface area contributed by atoms with Crippen molar-refractivity contribution in [3.8, 4) is 11.3 Å². The predicted molar refractivity (Wildman–Crippen MR) is 119 cm³/mol. The Morgan fingerprint density at radius 3 is 2.58 bits per heavy atom. The van der Waals surface area contributed by atoms with Gasteiger partial charge in [-0.3, -0.25) is 19.3 Å². The van der Waals surface area contributed by atoms with E-state index < -0.39 is 11.9 Å². The summed E-state index contributed by atoms with van der Waals surface area (Å²) in [5.74, 6) is -1.70. The van der Waals surface area contributed by atoms with Gasteiger partial charge in [0, 0.05) is 34.5 Å². The Labute approximate surface area is 188 Å². The number of rotatable bonds is 6. The van der Waals surface area contributed by atoms with Crippen LogP contribution in [0.15, 0.2) is 53.9 Å². The van der Waals surface area contributed by atoms with Crippen LogP contribution in [0.2, 0.25) is 5.02 Å². The minimum Gasteiger partial charge on any atom is -0.457 e. The molecule has 4 rings (SSSR count). The lowest BCUT2D eigenvalue weighted by atomic mass is 10.1. The molecule has 0 radical (unpaired) electrons. The monoisotopic (exact) mass is 454 g/mol. The lowest BCUT2D eigenvalue weighted by Gasteiger charge is -2.12. The minimum absolute atomic E-state index is 0.0351. The van der Waals surface area contributed by atoms with E-state index in [1.165, 1.54) is 16.2 Å². The van der Waals surface area contributed by atoms with Crippen LogP contribution < -0.4 is 4.90 Å². The number of carbonyl (C=O) groups is 3. The van der Waals surface area contributed by atoms with Gasteiger partial charge in [-0.1, -0.05) is 41.4 Å². The fourth-order valence-corrected chi connectivity index (χ4v) is 4.26. The highest BCUT2D eigenvalue weighted by Crippen LogP contribution is 2.32. The zero-order valence-electron chi connectivity index (χ0n) is 16.7. The molecule has 2 heterocycles. The highest BCUT2D eigenvalue weighted by Gasteiger charge is 2.37. The Kier molecular flexibility index (Phi) is 6.15. The summed E-state index contributed by atoms with van der Waals surface area (Å²) in [6.07, 6.45) is 0.0351. The number of ether oxygens (including phenoxy) is 1. The van der Waals surface area contributed by atoms with Gasteiger partial charge >= 0.3 is 5.97 Å². The quantitative estimate of drug-likeness (QED) is 0.403. The molecule has 8 heteroatoms. The summed E-state index contributed by atoms with van der Waals surface area (Å²) in [6, 6.07) is 14.3. The van der Waals surface area contributed by atoms with Gasteiger partial charge in [0.1, 0.15) is 0 Å². The highest BCUT2D eigenvalue weighted by molar-refractivity contribution is 7.14. The van der Waals surface area contributed by atoms with Crippen molar-refractivity contribution in [2.45, 2.75) is 13.3 Å². The Balaban J connectivity index is 1.36. The van der Waals surface area contributed by atoms with Crippen molar-refractivity contribution in [1.29, 1.82) is 0 Å². The molecule has 1 unspecified atom stereocenters. The van der Waals surface area contributed by atoms with Gasteiger partial charge in [0.05, 0.1) is 11.6 Å². The molecule has 1 amide bonds. The van der Waals surface area contributed by atoms with E-state index in [9.17, 15) is 14.4 Å². The smallest absolute Gasteiger partial charge is 0.311 e. The van der Waals surface area contributed by atoms with E-state index in [4.69, 9.17) is 16.3 Å². The molecule has 0 N–H and O–H groups in total. The third-order valence-corrected chi connectivity index (χ3v) is 6.16. The van der Waals surface area contributed by atoms with E-state index in [1.807, 2.05) is 36.6 Å². The Morgan fingerprint density at radius 1 is 1.16 bits per heavy atom. The second-order valence-electron chi connectivity index (χ2n) is 7.32. The molecule has 0 saturated carbocycles. The number of ketones is 1. The summed E-state index contributed by atoms with van der Waals surface area (Å²) < 4.78 is 5.17. The molecule has 1 aliphatic heterocycles. The predicted octanol–water partition coefficient (Wildman–Crippen LogP) is 4.55. The molecule has 0 aliphatic carbocycles. The summed E-state index contributed by atoms with van der Waals surface area (Å²) in [6.45, 7) is 1.83. The largest absolute Gasteiger partial charge is 0.457 e. The third kappa shape index (κ3) is 4.84. The van der Waals surface area contributed by atoms with Crippen LogP contribution in [0.3, 0.4) is 0 Å². The van der Waals surface area contributed by atoms with Gasteiger partial charge in [-0.05, 0) is 31.2 Å². The van der Waals surface area contributed by atoms with Crippen LogP contribution in [0, 0.1) is 12.8 Å². The highest BCUT2D eigenvalue weighted by atomic mass is 35.5. The van der Waals surface area contributed by atoms with Gasteiger partial charge in [-0.25, -0.2) is 4.98 Å². The number of halogens is 1. The van der Waals surface area contributed by atoms with Gasteiger partial charge < -0.3 is 4.74 Å². The lowest BCUT2D eigenvalue weighted by molar-refractivity contribution is -0.147. The van der Waals surface area contributed by atoms with Crippen molar-refractivity contribution >= 4 is 45.7 Å². The molecular weight excluding hydrogens is 436 g/mol. The van der Waals surface area contributed by atoms with Crippen molar-refractivity contribution in [2.75, 3.05) is 18.1 Å². The number of esters is 1. The number of hydrogen-bond donors (Lipinski definition) is 0. The Bertz CT molecular complexity index is 1130. The first kappa shape index (κ1) is 21.2. The minimum atomic E-state index is -0.628. The van der Waals surface area contributed by atoms with Gasteiger partial charge in [-0.2, -0.15) is 0 Å². The Hall–Kier alpha value is -3.03. The maximum Gasteiger partial charge on any atom is 0.311 e. The fourth-order valence-electron chi connectivity index (χ4n) is 3.27. The second-order valence-corrected chi connectivity index (χ2v) is 8.60. The maximum atomic E-state index is 12.5. The number of nitrogens with zero attached hydrogens (tertiary/aromatic N) is 2. The number of thiazole rings is 1. The number of anilines is 1. The molecule has 0 bridgehead atoms. The molecule has 3 aromatic rings. The van der Waals surface area contributed by atoms with Crippen LogP contribution >= 0.6 is 22.9 Å². The van der Waals surface area contributed by atoms with Crippen molar-refractivity contribution in [3.05, 3.63) is 70.1 Å². The first-order valence-corrected chi connectivity index (χ1v) is 10.9. The molecule has 1 aromatic heterocycles. The molecule has 1 aliphatic rings. The van der Waals surface area contributed by atoms with Gasteiger partial charge in [0.25, 0.3) is 0 Å². The van der Waals surface area contributed by atoms with Crippen LogP contribution in [0.1, 0.15) is 22.3 Å². The standard InChI is InChI=1S/C23H19ClN2O4S/c1-14-2-4-15(5-3-14)19-13-31-23(25-19)26-11-17(10-21(26)28)22(29)30-12-20(27)16-6-8-18(24)9-7-16/h2-9,13,17H,10-12H2,1H3. The molecule has 1 atom stereocenters. The lowest BCUT2D eigenvalue weighted by Crippen LogP contribution is -2.27. The molecule has 0 spiro atoms. The molecule has 1 fully saturated rings. The van der Waals surface area contributed by atoms with Crippen LogP contribution in [0.25, 0.3) is 11.3 Å². The summed E-state index contributed by atoms with van der Waals surface area (Å²) in [5.41, 5.74) is 3.32. The van der Waals surface area contributed by atoms with Crippen molar-refractivity contribution < 1.29 is 19.1 Å². The summed E-state index contributed by atoms with van der Waals surface area (Å²) in [7, 11) is 0. The van der Waals surface area contributed by atoms with Gasteiger partial charge in [0.2, 0.25) is 5.91 Å². The van der Waals surface area contributed by atoms with E-state index in [0.29, 0.717) is 15.7 Å². The van der Waals surface area contributed by atoms with Crippen molar-refractivity contribution in [1.82, 2.24) is 4.98 Å². The molecular formula is C23H19ClN2O4S. The number of carbonyl (C=O) groups excluding carboxylic acids is 3. The number of aromatic nitrogens is 1. The van der Waals surface area contributed by atoms with E-state index in [0.717, 1.165) is 16.8 Å². The number of aryl methyl sites for hydroxylation is 1. The average molecular weight is 455 g/mol. The number of hydrogen-bond acceptors (Lipinski definition) is 6. The zero-order valence-corrected chi connectivity index (χ0v) is 18.3. The van der Waals surface area contributed by atoms with Gasteiger partial charge in [0.15, 0.2) is 17.5 Å². The molecule has 6 nitrogen and oxygen atoms in total. The molecule has 2 aromatic carbocycles. The van der Waals surface area contributed by atoms with Crippen LogP contribution in [-0.2, 0) is 14.3 Å². The normalized spacial score (nSPS) is 15.9. The van der Waals surface area contributed by atoms with E-state index in [-0.39, 0.29) is 31.3 Å². The number of benzene rings is 2. The Morgan fingerprint density at radius 2 is 1.87 bits per heavy atom. The maximum absolute atomic E-state index is 12.5. The first-order valence-electron chi connectivity index (χ1n) is 9.69. The number of Topliss-reactive ketones (excluding diaryl/α,β-unsaturated/α-hetero) is 1. The van der Waals surface area contributed by atoms with E-state index in [2.05, 4.69) is 4.98 Å². The third-order valence-electron chi connectivity index (χ3n) is 5.04. The average Bonchev–Trinajstić information content (AvgIpc) is 3.39. The fraction of sp³-hybridized carbons (Fsp3) is 0.217. The SMILES string of the molecule is Cc1ccc(-c2csc(N3CC(C(=O)OCC(=O)c4ccc(Cl)cc4)CC3=O)n2)cc1. The van der Waals surface area contributed by atoms with Gasteiger partial charge in [-0.15, -0.1) is 11.3 Å². The second kappa shape index (κ2) is 8.99. The summed E-state index contributed by atoms with van der Waals surface area (Å²) in [5, 5.41) is 2.96. The van der Waals surface area contributed by atoms with E-state index in [1.54, 1.807) is 24.3 Å². The zero-order chi connectivity index (χ0) is 22.0. The molecule has 158 valence electrons.